The molecule has 26 heavy (non-hydrogen) atoms. The Kier molecular flexibility index (Phi) is 7.17. The molecule has 0 saturated carbocycles. The van der Waals surface area contributed by atoms with Gasteiger partial charge in [0, 0.05) is 11.3 Å². The van der Waals surface area contributed by atoms with E-state index < -0.39 is 11.8 Å². The van der Waals surface area contributed by atoms with Gasteiger partial charge in [-0.2, -0.15) is 5.10 Å². The topological polar surface area (TPSA) is 89.0 Å². The number of anilines is 1. The molecule has 0 radical (unpaired) electrons. The van der Waals surface area contributed by atoms with Crippen LogP contribution in [0.3, 0.4) is 0 Å². The second-order valence-corrected chi connectivity index (χ2v) is 5.08. The third kappa shape index (κ3) is 5.62. The van der Waals surface area contributed by atoms with Crippen LogP contribution in [0.5, 0.6) is 11.5 Å². The number of para-hydroxylation sites is 1. The zero-order valence-electron chi connectivity index (χ0n) is 14.7. The minimum Gasteiger partial charge on any atom is -0.494 e. The van der Waals surface area contributed by atoms with Crippen LogP contribution in [0, 0.1) is 0 Å². The lowest BCUT2D eigenvalue weighted by Crippen LogP contribution is -2.32. The minimum absolute atomic E-state index is 0.485. The maximum atomic E-state index is 11.9. The molecule has 2 rings (SSSR count). The lowest BCUT2D eigenvalue weighted by molar-refractivity contribution is -0.136. The second-order valence-electron chi connectivity index (χ2n) is 5.08. The van der Waals surface area contributed by atoms with Crippen molar-refractivity contribution in [2.45, 2.75) is 13.8 Å². The Morgan fingerprint density at radius 2 is 1.65 bits per heavy atom. The molecule has 0 aliphatic rings. The van der Waals surface area contributed by atoms with Gasteiger partial charge < -0.3 is 14.8 Å². The lowest BCUT2D eigenvalue weighted by Gasteiger charge is -2.07. The molecular weight excluding hydrogens is 334 g/mol. The summed E-state index contributed by atoms with van der Waals surface area (Å²) in [5, 5.41) is 6.29. The first-order valence-electron chi connectivity index (χ1n) is 8.23. The zero-order chi connectivity index (χ0) is 18.8. The second kappa shape index (κ2) is 9.83. The number of hydrogen-bond donors (Lipinski definition) is 2. The monoisotopic (exact) mass is 355 g/mol. The number of carbonyl (C=O) groups is 2. The van der Waals surface area contributed by atoms with E-state index in [0.29, 0.717) is 36.0 Å². The Morgan fingerprint density at radius 1 is 0.962 bits per heavy atom. The molecule has 0 aliphatic carbocycles. The molecule has 0 saturated heterocycles. The van der Waals surface area contributed by atoms with Gasteiger partial charge in [0.15, 0.2) is 0 Å². The van der Waals surface area contributed by atoms with Crippen LogP contribution in [-0.4, -0.2) is 31.2 Å². The first-order valence-corrected chi connectivity index (χ1v) is 8.23. The van der Waals surface area contributed by atoms with Crippen molar-refractivity contribution in [1.82, 2.24) is 5.43 Å². The first kappa shape index (κ1) is 19.0. The van der Waals surface area contributed by atoms with Crippen molar-refractivity contribution in [2.75, 3.05) is 18.5 Å². The number of hydrazone groups is 1. The molecule has 0 heterocycles. The van der Waals surface area contributed by atoms with Gasteiger partial charge in [-0.25, -0.2) is 5.43 Å². The highest BCUT2D eigenvalue weighted by Gasteiger charge is 2.13. The summed E-state index contributed by atoms with van der Waals surface area (Å²) in [5.41, 5.74) is 3.37. The van der Waals surface area contributed by atoms with E-state index in [1.165, 1.54) is 6.21 Å². The Labute approximate surface area is 152 Å². The standard InChI is InChI=1S/C19H21N3O4/c1-3-25-16-11-9-15(10-12-16)21-18(23)19(24)22-20-13-14-7-5-6-8-17(14)26-4-2/h5-13H,3-4H2,1-2H3,(H,21,23)(H,22,24)/b20-13+. The fourth-order valence-corrected chi connectivity index (χ4v) is 2.07. The zero-order valence-corrected chi connectivity index (χ0v) is 14.7. The molecule has 136 valence electrons. The summed E-state index contributed by atoms with van der Waals surface area (Å²) >= 11 is 0. The average Bonchev–Trinajstić information content (AvgIpc) is 2.65. The molecule has 2 amide bonds. The van der Waals surface area contributed by atoms with E-state index in [1.54, 1.807) is 36.4 Å². The van der Waals surface area contributed by atoms with Crippen LogP contribution in [0.4, 0.5) is 5.69 Å². The van der Waals surface area contributed by atoms with Crippen LogP contribution in [0.1, 0.15) is 19.4 Å². The normalized spacial score (nSPS) is 10.4. The Morgan fingerprint density at radius 3 is 2.35 bits per heavy atom. The molecule has 0 fully saturated rings. The molecule has 2 aromatic carbocycles. The summed E-state index contributed by atoms with van der Waals surface area (Å²) in [6, 6.07) is 14.0. The highest BCUT2D eigenvalue weighted by atomic mass is 16.5. The third-order valence-electron chi connectivity index (χ3n) is 3.22. The van der Waals surface area contributed by atoms with E-state index in [-0.39, 0.29) is 0 Å². The molecule has 0 atom stereocenters. The van der Waals surface area contributed by atoms with Gasteiger partial charge in [0.2, 0.25) is 0 Å². The van der Waals surface area contributed by atoms with E-state index in [0.717, 1.165) is 0 Å². The molecule has 2 N–H and O–H groups in total. The molecule has 0 unspecified atom stereocenters. The van der Waals surface area contributed by atoms with Crippen LogP contribution >= 0.6 is 0 Å². The van der Waals surface area contributed by atoms with Crippen molar-refractivity contribution in [3.8, 4) is 11.5 Å². The van der Waals surface area contributed by atoms with E-state index in [2.05, 4.69) is 15.8 Å². The van der Waals surface area contributed by atoms with Gasteiger partial charge in [-0.1, -0.05) is 12.1 Å². The Bertz CT molecular complexity index is 773. The van der Waals surface area contributed by atoms with Crippen molar-refractivity contribution >= 4 is 23.7 Å². The van der Waals surface area contributed by atoms with Crippen LogP contribution in [0.15, 0.2) is 53.6 Å². The summed E-state index contributed by atoms with van der Waals surface area (Å²) in [5.74, 6) is -0.354. The van der Waals surface area contributed by atoms with Crippen molar-refractivity contribution in [3.63, 3.8) is 0 Å². The fraction of sp³-hybridized carbons (Fsp3) is 0.211. The molecule has 0 spiro atoms. The molecule has 0 aromatic heterocycles. The van der Waals surface area contributed by atoms with E-state index in [4.69, 9.17) is 9.47 Å². The SMILES string of the molecule is CCOc1ccc(NC(=O)C(=O)N/N=C/c2ccccc2OCC)cc1. The van der Waals surface area contributed by atoms with Crippen LogP contribution < -0.4 is 20.2 Å². The maximum absolute atomic E-state index is 11.9. The van der Waals surface area contributed by atoms with Gasteiger partial charge in [-0.05, 0) is 50.2 Å². The summed E-state index contributed by atoms with van der Waals surface area (Å²) in [7, 11) is 0. The summed E-state index contributed by atoms with van der Waals surface area (Å²) in [4.78, 5) is 23.7. The number of rotatable bonds is 7. The van der Waals surface area contributed by atoms with Gasteiger partial charge in [0.05, 0.1) is 19.4 Å². The third-order valence-corrected chi connectivity index (χ3v) is 3.22. The van der Waals surface area contributed by atoms with Gasteiger partial charge in [0.25, 0.3) is 0 Å². The van der Waals surface area contributed by atoms with Gasteiger partial charge in [0.1, 0.15) is 11.5 Å². The number of benzene rings is 2. The molecule has 7 heteroatoms. The van der Waals surface area contributed by atoms with E-state index >= 15 is 0 Å². The molecule has 0 aliphatic heterocycles. The highest BCUT2D eigenvalue weighted by Crippen LogP contribution is 2.16. The minimum atomic E-state index is -0.871. The quantitative estimate of drug-likeness (QED) is 0.454. The number of ether oxygens (including phenoxy) is 2. The summed E-state index contributed by atoms with van der Waals surface area (Å²) in [6.45, 7) is 4.83. The van der Waals surface area contributed by atoms with Crippen molar-refractivity contribution in [2.24, 2.45) is 5.10 Å². The van der Waals surface area contributed by atoms with Crippen LogP contribution in [0.25, 0.3) is 0 Å². The molecular formula is C19H21N3O4. The predicted molar refractivity (Wildman–Crippen MR) is 99.6 cm³/mol. The van der Waals surface area contributed by atoms with Crippen molar-refractivity contribution in [3.05, 3.63) is 54.1 Å². The number of carbonyl (C=O) groups excluding carboxylic acids is 2. The number of nitrogens with one attached hydrogen (secondary N) is 2. The smallest absolute Gasteiger partial charge is 0.329 e. The van der Waals surface area contributed by atoms with Crippen molar-refractivity contribution < 1.29 is 19.1 Å². The predicted octanol–water partition coefficient (Wildman–Crippen LogP) is 2.57. The Balaban J connectivity index is 1.90. The van der Waals surface area contributed by atoms with Gasteiger partial charge in [-0.15, -0.1) is 0 Å². The number of nitrogens with zero attached hydrogens (tertiary/aromatic N) is 1. The van der Waals surface area contributed by atoms with Gasteiger partial charge >= 0.3 is 11.8 Å². The Hall–Kier alpha value is -3.35. The summed E-state index contributed by atoms with van der Waals surface area (Å²) in [6.07, 6.45) is 1.42. The molecule has 7 nitrogen and oxygen atoms in total. The lowest BCUT2D eigenvalue weighted by atomic mass is 10.2. The number of hydrogen-bond acceptors (Lipinski definition) is 5. The van der Waals surface area contributed by atoms with Crippen LogP contribution in [0.2, 0.25) is 0 Å². The van der Waals surface area contributed by atoms with Gasteiger partial charge in [-0.3, -0.25) is 9.59 Å². The fourth-order valence-electron chi connectivity index (χ4n) is 2.07. The van der Waals surface area contributed by atoms with Crippen LogP contribution in [-0.2, 0) is 9.59 Å². The highest BCUT2D eigenvalue weighted by molar-refractivity contribution is 6.39. The largest absolute Gasteiger partial charge is 0.494 e. The molecule has 0 bridgehead atoms. The first-order chi connectivity index (χ1) is 12.6. The number of amides is 2. The molecule has 2 aromatic rings. The van der Waals surface area contributed by atoms with E-state index in [9.17, 15) is 9.59 Å². The average molecular weight is 355 g/mol. The van der Waals surface area contributed by atoms with Crippen molar-refractivity contribution in [1.29, 1.82) is 0 Å². The maximum Gasteiger partial charge on any atom is 0.329 e. The van der Waals surface area contributed by atoms with E-state index in [1.807, 2.05) is 26.0 Å². The summed E-state index contributed by atoms with van der Waals surface area (Å²) < 4.78 is 10.8.